The Morgan fingerprint density at radius 1 is 1.09 bits per heavy atom. The van der Waals surface area contributed by atoms with Crippen molar-refractivity contribution in [1.82, 2.24) is 9.97 Å². The summed E-state index contributed by atoms with van der Waals surface area (Å²) in [6, 6.07) is 17.9. The van der Waals surface area contributed by atoms with Crippen LogP contribution in [-0.4, -0.2) is 21.6 Å². The van der Waals surface area contributed by atoms with Crippen molar-refractivity contribution in [3.63, 3.8) is 0 Å². The molecule has 0 atom stereocenters. The standard InChI is InChI=1S/C17H17N3OS/c21-16(11-6-12-22-13-7-2-1-3-8-13)20-17-18-14-9-4-5-10-15(14)19-17/h1-5,7-10H,6,11-12H2,(H2,18,19,20,21). The van der Waals surface area contributed by atoms with Gasteiger partial charge >= 0.3 is 0 Å². The molecule has 0 fully saturated rings. The van der Waals surface area contributed by atoms with Crippen LogP contribution in [0.15, 0.2) is 59.5 Å². The molecular weight excluding hydrogens is 294 g/mol. The van der Waals surface area contributed by atoms with Gasteiger partial charge in [-0.15, -0.1) is 11.8 Å². The number of para-hydroxylation sites is 2. The zero-order chi connectivity index (χ0) is 15.2. The van der Waals surface area contributed by atoms with Gasteiger partial charge in [-0.05, 0) is 36.4 Å². The number of thioether (sulfide) groups is 1. The molecule has 0 spiro atoms. The van der Waals surface area contributed by atoms with Crippen LogP contribution in [0.1, 0.15) is 12.8 Å². The number of imidazole rings is 1. The highest BCUT2D eigenvalue weighted by Crippen LogP contribution is 2.18. The van der Waals surface area contributed by atoms with E-state index in [9.17, 15) is 4.79 Å². The molecule has 0 aliphatic rings. The maximum atomic E-state index is 11.9. The second kappa shape index (κ2) is 7.13. The van der Waals surface area contributed by atoms with E-state index in [2.05, 4.69) is 27.4 Å². The van der Waals surface area contributed by atoms with Crippen LogP contribution in [0.2, 0.25) is 0 Å². The molecule has 0 bridgehead atoms. The summed E-state index contributed by atoms with van der Waals surface area (Å²) in [7, 11) is 0. The third kappa shape index (κ3) is 3.89. The summed E-state index contributed by atoms with van der Waals surface area (Å²) >= 11 is 1.77. The zero-order valence-electron chi connectivity index (χ0n) is 12.1. The topological polar surface area (TPSA) is 57.8 Å². The lowest BCUT2D eigenvalue weighted by Gasteiger charge is -2.02. The van der Waals surface area contributed by atoms with Crippen LogP contribution in [0.25, 0.3) is 11.0 Å². The first-order valence-electron chi connectivity index (χ1n) is 7.24. The normalized spacial score (nSPS) is 10.7. The number of aromatic nitrogens is 2. The van der Waals surface area contributed by atoms with E-state index in [1.54, 1.807) is 11.8 Å². The first-order valence-corrected chi connectivity index (χ1v) is 8.22. The number of carbonyl (C=O) groups excluding carboxylic acids is 1. The van der Waals surface area contributed by atoms with Crippen molar-refractivity contribution in [3.8, 4) is 0 Å². The highest BCUT2D eigenvalue weighted by atomic mass is 32.2. The Morgan fingerprint density at radius 3 is 2.68 bits per heavy atom. The van der Waals surface area contributed by atoms with E-state index in [0.717, 1.165) is 23.2 Å². The predicted molar refractivity (Wildman–Crippen MR) is 91.1 cm³/mol. The number of amides is 1. The molecule has 0 saturated heterocycles. The maximum Gasteiger partial charge on any atom is 0.226 e. The van der Waals surface area contributed by atoms with Crippen molar-refractivity contribution in [3.05, 3.63) is 54.6 Å². The minimum Gasteiger partial charge on any atom is -0.324 e. The molecule has 2 aromatic carbocycles. The predicted octanol–water partition coefficient (Wildman–Crippen LogP) is 4.07. The first-order chi connectivity index (χ1) is 10.8. The fourth-order valence-electron chi connectivity index (χ4n) is 2.15. The Bertz CT molecular complexity index is 722. The quantitative estimate of drug-likeness (QED) is 0.533. The average molecular weight is 311 g/mol. The molecule has 5 heteroatoms. The van der Waals surface area contributed by atoms with Gasteiger partial charge in [-0.25, -0.2) is 4.98 Å². The second-order valence-electron chi connectivity index (χ2n) is 4.92. The molecule has 0 unspecified atom stereocenters. The summed E-state index contributed by atoms with van der Waals surface area (Å²) < 4.78 is 0. The van der Waals surface area contributed by atoms with E-state index in [1.807, 2.05) is 42.5 Å². The van der Waals surface area contributed by atoms with Crippen LogP contribution in [-0.2, 0) is 4.79 Å². The van der Waals surface area contributed by atoms with Crippen molar-refractivity contribution < 1.29 is 4.79 Å². The van der Waals surface area contributed by atoms with Gasteiger partial charge in [0.2, 0.25) is 11.9 Å². The van der Waals surface area contributed by atoms with Crippen molar-refractivity contribution in [2.45, 2.75) is 17.7 Å². The van der Waals surface area contributed by atoms with E-state index in [1.165, 1.54) is 4.90 Å². The van der Waals surface area contributed by atoms with Gasteiger partial charge in [0.25, 0.3) is 0 Å². The van der Waals surface area contributed by atoms with Gasteiger partial charge in [0, 0.05) is 11.3 Å². The van der Waals surface area contributed by atoms with Gasteiger partial charge in [-0.1, -0.05) is 30.3 Å². The Balaban J connectivity index is 1.44. The fourth-order valence-corrected chi connectivity index (χ4v) is 3.02. The number of hydrogen-bond acceptors (Lipinski definition) is 3. The van der Waals surface area contributed by atoms with Crippen LogP contribution in [0.5, 0.6) is 0 Å². The van der Waals surface area contributed by atoms with Crippen LogP contribution < -0.4 is 5.32 Å². The molecule has 0 saturated carbocycles. The van der Waals surface area contributed by atoms with Gasteiger partial charge in [-0.3, -0.25) is 10.1 Å². The summed E-state index contributed by atoms with van der Waals surface area (Å²) in [6.07, 6.45) is 1.34. The molecular formula is C17H17N3OS. The number of rotatable bonds is 6. The molecule has 0 aliphatic heterocycles. The Kier molecular flexibility index (Phi) is 4.75. The van der Waals surface area contributed by atoms with Gasteiger partial charge in [-0.2, -0.15) is 0 Å². The minimum absolute atomic E-state index is 0.00674. The third-order valence-corrected chi connectivity index (χ3v) is 4.31. The van der Waals surface area contributed by atoms with Crippen molar-refractivity contribution >= 4 is 34.7 Å². The van der Waals surface area contributed by atoms with Gasteiger partial charge in [0.1, 0.15) is 0 Å². The highest BCUT2D eigenvalue weighted by molar-refractivity contribution is 7.99. The third-order valence-electron chi connectivity index (χ3n) is 3.21. The summed E-state index contributed by atoms with van der Waals surface area (Å²) in [6.45, 7) is 0. The van der Waals surface area contributed by atoms with E-state index in [4.69, 9.17) is 0 Å². The van der Waals surface area contributed by atoms with Crippen LogP contribution in [0.3, 0.4) is 0 Å². The van der Waals surface area contributed by atoms with E-state index >= 15 is 0 Å². The van der Waals surface area contributed by atoms with Crippen LogP contribution >= 0.6 is 11.8 Å². The molecule has 2 N–H and O–H groups in total. The lowest BCUT2D eigenvalue weighted by Crippen LogP contribution is -2.12. The summed E-state index contributed by atoms with van der Waals surface area (Å²) in [5.74, 6) is 1.44. The monoisotopic (exact) mass is 311 g/mol. The lowest BCUT2D eigenvalue weighted by atomic mass is 10.3. The van der Waals surface area contributed by atoms with Crippen molar-refractivity contribution in [1.29, 1.82) is 0 Å². The van der Waals surface area contributed by atoms with Crippen LogP contribution in [0, 0.1) is 0 Å². The molecule has 3 rings (SSSR count). The number of H-pyrrole nitrogens is 1. The summed E-state index contributed by atoms with van der Waals surface area (Å²) in [4.78, 5) is 20.6. The van der Waals surface area contributed by atoms with Crippen molar-refractivity contribution in [2.24, 2.45) is 0 Å². The zero-order valence-corrected chi connectivity index (χ0v) is 12.9. The maximum absolute atomic E-state index is 11.9. The minimum atomic E-state index is -0.00674. The number of hydrogen-bond donors (Lipinski definition) is 2. The van der Waals surface area contributed by atoms with Crippen molar-refractivity contribution in [2.75, 3.05) is 11.1 Å². The number of anilines is 1. The lowest BCUT2D eigenvalue weighted by molar-refractivity contribution is -0.116. The van der Waals surface area contributed by atoms with E-state index in [0.29, 0.717) is 12.4 Å². The smallest absolute Gasteiger partial charge is 0.226 e. The number of benzene rings is 2. The van der Waals surface area contributed by atoms with E-state index < -0.39 is 0 Å². The molecule has 1 heterocycles. The average Bonchev–Trinajstić information content (AvgIpc) is 2.94. The SMILES string of the molecule is O=C(CCCSc1ccccc1)Nc1nc2ccccc2[nH]1. The largest absolute Gasteiger partial charge is 0.324 e. The number of carbonyl (C=O) groups is 1. The number of fused-ring (bicyclic) bond motifs is 1. The molecule has 4 nitrogen and oxygen atoms in total. The number of nitrogens with one attached hydrogen (secondary N) is 2. The molecule has 0 radical (unpaired) electrons. The highest BCUT2D eigenvalue weighted by Gasteiger charge is 2.06. The Labute approximate surface area is 133 Å². The van der Waals surface area contributed by atoms with Gasteiger partial charge in [0.05, 0.1) is 11.0 Å². The number of aromatic amines is 1. The number of nitrogens with zero attached hydrogens (tertiary/aromatic N) is 1. The Morgan fingerprint density at radius 2 is 1.86 bits per heavy atom. The molecule has 0 aliphatic carbocycles. The van der Waals surface area contributed by atoms with E-state index in [-0.39, 0.29) is 5.91 Å². The molecule has 112 valence electrons. The summed E-state index contributed by atoms with van der Waals surface area (Å²) in [5.41, 5.74) is 1.79. The second-order valence-corrected chi connectivity index (χ2v) is 6.08. The Hall–Kier alpha value is -2.27. The molecule has 1 aromatic heterocycles. The van der Waals surface area contributed by atoms with Crippen LogP contribution in [0.4, 0.5) is 5.95 Å². The molecule has 22 heavy (non-hydrogen) atoms. The van der Waals surface area contributed by atoms with Gasteiger partial charge < -0.3 is 4.98 Å². The molecule has 1 amide bonds. The fraction of sp³-hybridized carbons (Fsp3) is 0.176. The first kappa shape index (κ1) is 14.7. The van der Waals surface area contributed by atoms with Gasteiger partial charge in [0.15, 0.2) is 0 Å². The summed E-state index contributed by atoms with van der Waals surface area (Å²) in [5, 5.41) is 2.82. The molecule has 3 aromatic rings.